The molecule has 4 rings (SSSR count). The van der Waals surface area contributed by atoms with E-state index in [1.165, 1.54) is 11.3 Å². The Hall–Kier alpha value is -3.71. The van der Waals surface area contributed by atoms with E-state index in [1.807, 2.05) is 48.0 Å². The van der Waals surface area contributed by atoms with Gasteiger partial charge in [-0.25, -0.2) is 4.68 Å². The highest BCUT2D eigenvalue weighted by Gasteiger charge is 2.09. The zero-order valence-corrected chi connectivity index (χ0v) is 16.2. The first kappa shape index (κ1) is 18.6. The van der Waals surface area contributed by atoms with Gasteiger partial charge in [-0.3, -0.25) is 9.59 Å². The molecule has 0 atom stereocenters. The normalized spacial score (nSPS) is 10.5. The van der Waals surface area contributed by atoms with Crippen molar-refractivity contribution in [1.29, 1.82) is 0 Å². The van der Waals surface area contributed by atoms with E-state index < -0.39 is 0 Å². The molecule has 2 aromatic carbocycles. The van der Waals surface area contributed by atoms with Gasteiger partial charge in [-0.15, -0.1) is 11.3 Å². The van der Waals surface area contributed by atoms with Crippen LogP contribution in [0.25, 0.3) is 5.69 Å². The van der Waals surface area contributed by atoms with E-state index in [0.717, 1.165) is 11.3 Å². The number of hydrogen-bond acceptors (Lipinski definition) is 4. The molecule has 0 radical (unpaired) electrons. The average Bonchev–Trinajstić information content (AvgIpc) is 3.43. The van der Waals surface area contributed by atoms with Crippen LogP contribution in [0, 0.1) is 0 Å². The number of carbonyl (C=O) groups is 2. The lowest BCUT2D eigenvalue weighted by Crippen LogP contribution is -2.15. The minimum Gasteiger partial charge on any atom is -0.326 e. The van der Waals surface area contributed by atoms with Crippen LogP contribution in [0.1, 0.15) is 15.2 Å². The van der Waals surface area contributed by atoms with Gasteiger partial charge in [0.25, 0.3) is 5.91 Å². The summed E-state index contributed by atoms with van der Waals surface area (Å²) in [5.74, 6) is -0.292. The summed E-state index contributed by atoms with van der Waals surface area (Å²) in [5.41, 5.74) is 3.10. The van der Waals surface area contributed by atoms with Crippen LogP contribution in [0.4, 0.5) is 11.4 Å². The van der Waals surface area contributed by atoms with Crippen LogP contribution in [-0.2, 0) is 11.2 Å². The number of rotatable bonds is 6. The summed E-state index contributed by atoms with van der Waals surface area (Å²) >= 11 is 1.38. The van der Waals surface area contributed by atoms with Gasteiger partial charge < -0.3 is 10.6 Å². The predicted octanol–water partition coefficient (Wildman–Crippen LogP) is 4.37. The Morgan fingerprint density at radius 2 is 1.72 bits per heavy atom. The molecule has 29 heavy (non-hydrogen) atoms. The van der Waals surface area contributed by atoms with Gasteiger partial charge in [0.2, 0.25) is 5.91 Å². The number of amides is 2. The number of anilines is 2. The third-order valence-electron chi connectivity index (χ3n) is 4.22. The van der Waals surface area contributed by atoms with Gasteiger partial charge in [0.1, 0.15) is 0 Å². The highest BCUT2D eigenvalue weighted by atomic mass is 32.1. The zero-order chi connectivity index (χ0) is 20.1. The van der Waals surface area contributed by atoms with Crippen molar-refractivity contribution in [2.24, 2.45) is 0 Å². The fourth-order valence-corrected chi connectivity index (χ4v) is 3.47. The molecule has 2 N–H and O–H groups in total. The molecule has 7 heteroatoms. The fraction of sp³-hybridized carbons (Fsp3) is 0.0455. The maximum absolute atomic E-state index is 12.4. The third kappa shape index (κ3) is 4.77. The smallest absolute Gasteiger partial charge is 0.265 e. The van der Waals surface area contributed by atoms with E-state index in [1.54, 1.807) is 41.2 Å². The molecule has 0 saturated carbocycles. The molecule has 144 valence electrons. The molecule has 0 unspecified atom stereocenters. The number of nitrogens with one attached hydrogen (secondary N) is 2. The lowest BCUT2D eigenvalue weighted by molar-refractivity contribution is -0.115. The molecule has 2 aromatic heterocycles. The molecule has 6 nitrogen and oxygen atoms in total. The largest absolute Gasteiger partial charge is 0.326 e. The average molecular weight is 402 g/mol. The molecular formula is C22H18N4O2S. The lowest BCUT2D eigenvalue weighted by Gasteiger charge is -2.09. The van der Waals surface area contributed by atoms with Crippen molar-refractivity contribution in [3.63, 3.8) is 0 Å². The number of benzene rings is 2. The van der Waals surface area contributed by atoms with Crippen molar-refractivity contribution in [3.05, 3.63) is 94.9 Å². The molecule has 0 spiro atoms. The number of hydrogen-bond donors (Lipinski definition) is 2. The first-order valence-corrected chi connectivity index (χ1v) is 9.89. The van der Waals surface area contributed by atoms with E-state index in [9.17, 15) is 9.59 Å². The molecule has 0 aliphatic carbocycles. The fourth-order valence-electron chi connectivity index (χ4n) is 2.85. The Balaban J connectivity index is 1.36. The Kier molecular flexibility index (Phi) is 5.49. The predicted molar refractivity (Wildman–Crippen MR) is 115 cm³/mol. The molecule has 2 amide bonds. The molecule has 4 aromatic rings. The van der Waals surface area contributed by atoms with E-state index >= 15 is 0 Å². The van der Waals surface area contributed by atoms with Crippen LogP contribution in [0.15, 0.2) is 84.5 Å². The summed E-state index contributed by atoms with van der Waals surface area (Å²) in [6.07, 6.45) is 3.84. The van der Waals surface area contributed by atoms with Crippen molar-refractivity contribution < 1.29 is 9.59 Å². The van der Waals surface area contributed by atoms with Crippen molar-refractivity contribution >= 4 is 34.5 Å². The quantitative estimate of drug-likeness (QED) is 0.503. The summed E-state index contributed by atoms with van der Waals surface area (Å²) in [6.45, 7) is 0. The van der Waals surface area contributed by atoms with Crippen LogP contribution in [0.5, 0.6) is 0 Å². The Bertz CT molecular complexity index is 1100. The molecule has 0 aliphatic heterocycles. The van der Waals surface area contributed by atoms with Crippen molar-refractivity contribution in [2.75, 3.05) is 10.6 Å². The minimum absolute atomic E-state index is 0.126. The van der Waals surface area contributed by atoms with E-state index in [0.29, 0.717) is 16.3 Å². The summed E-state index contributed by atoms with van der Waals surface area (Å²) in [7, 11) is 0. The molecule has 0 aliphatic rings. The van der Waals surface area contributed by atoms with Crippen LogP contribution < -0.4 is 10.6 Å². The monoisotopic (exact) mass is 402 g/mol. The zero-order valence-electron chi connectivity index (χ0n) is 15.4. The summed E-state index contributed by atoms with van der Waals surface area (Å²) in [6, 6.07) is 20.2. The maximum atomic E-state index is 12.4. The van der Waals surface area contributed by atoms with Gasteiger partial charge >= 0.3 is 0 Å². The third-order valence-corrected chi connectivity index (χ3v) is 5.09. The standard InChI is InChI=1S/C22H18N4O2S/c27-21(14-16-7-9-19(10-8-16)26-12-3-11-23-26)24-17-4-1-5-18(15-17)25-22(28)20-6-2-13-29-20/h1-13,15H,14H2,(H,24,27)(H,25,28). The van der Waals surface area contributed by atoms with Crippen LogP contribution in [0.2, 0.25) is 0 Å². The minimum atomic E-state index is -0.166. The molecular weight excluding hydrogens is 384 g/mol. The summed E-state index contributed by atoms with van der Waals surface area (Å²) in [5, 5.41) is 11.8. The van der Waals surface area contributed by atoms with E-state index in [-0.39, 0.29) is 18.2 Å². The molecule has 0 bridgehead atoms. The van der Waals surface area contributed by atoms with Crippen LogP contribution >= 0.6 is 11.3 Å². The Labute approximate surface area is 171 Å². The molecule has 0 fully saturated rings. The first-order valence-electron chi connectivity index (χ1n) is 9.01. The molecule has 0 saturated heterocycles. The number of thiophene rings is 1. The maximum Gasteiger partial charge on any atom is 0.265 e. The van der Waals surface area contributed by atoms with Gasteiger partial charge in [0.05, 0.1) is 17.0 Å². The summed E-state index contributed by atoms with van der Waals surface area (Å²) in [4.78, 5) is 25.2. The molecule has 2 heterocycles. The number of carbonyl (C=O) groups excluding carboxylic acids is 2. The van der Waals surface area contributed by atoms with Gasteiger partial charge in [0.15, 0.2) is 0 Å². The second kappa shape index (κ2) is 8.53. The van der Waals surface area contributed by atoms with Crippen molar-refractivity contribution in [3.8, 4) is 5.69 Å². The van der Waals surface area contributed by atoms with Gasteiger partial charge in [-0.05, 0) is 53.4 Å². The Morgan fingerprint density at radius 3 is 2.41 bits per heavy atom. The van der Waals surface area contributed by atoms with Gasteiger partial charge in [0, 0.05) is 23.8 Å². The summed E-state index contributed by atoms with van der Waals surface area (Å²) < 4.78 is 1.76. The topological polar surface area (TPSA) is 76.0 Å². The second-order valence-electron chi connectivity index (χ2n) is 6.35. The van der Waals surface area contributed by atoms with E-state index in [4.69, 9.17) is 0 Å². The highest BCUT2D eigenvalue weighted by molar-refractivity contribution is 7.12. The number of aromatic nitrogens is 2. The van der Waals surface area contributed by atoms with Crippen LogP contribution in [0.3, 0.4) is 0 Å². The van der Waals surface area contributed by atoms with E-state index in [2.05, 4.69) is 15.7 Å². The Morgan fingerprint density at radius 1 is 0.931 bits per heavy atom. The lowest BCUT2D eigenvalue weighted by atomic mass is 10.1. The second-order valence-corrected chi connectivity index (χ2v) is 7.30. The number of nitrogens with zero attached hydrogens (tertiary/aromatic N) is 2. The van der Waals surface area contributed by atoms with Gasteiger partial charge in [-0.1, -0.05) is 24.3 Å². The van der Waals surface area contributed by atoms with Crippen LogP contribution in [-0.4, -0.2) is 21.6 Å². The van der Waals surface area contributed by atoms with Crippen molar-refractivity contribution in [1.82, 2.24) is 9.78 Å². The van der Waals surface area contributed by atoms with Crippen molar-refractivity contribution in [2.45, 2.75) is 6.42 Å². The first-order chi connectivity index (χ1) is 14.2. The SMILES string of the molecule is O=C(Cc1ccc(-n2cccn2)cc1)Nc1cccc(NC(=O)c2cccs2)c1. The highest BCUT2D eigenvalue weighted by Crippen LogP contribution is 2.18. The van der Waals surface area contributed by atoms with Gasteiger partial charge in [-0.2, -0.15) is 5.10 Å².